The molecule has 0 bridgehead atoms. The molecule has 0 saturated heterocycles. The van der Waals surface area contributed by atoms with Crippen LogP contribution in [0.2, 0.25) is 0 Å². The molecule has 5 heteroatoms. The molecule has 112 valence electrons. The SMILES string of the molecule is Oc1ccc([C@@H]2Nc3ccccc3C3=NCCCN32)cc1O. The molecular formula is C17H17N3O2. The van der Waals surface area contributed by atoms with Crippen molar-refractivity contribution in [3.8, 4) is 11.5 Å². The quantitative estimate of drug-likeness (QED) is 0.708. The number of aromatic hydroxyl groups is 2. The van der Waals surface area contributed by atoms with Crippen LogP contribution < -0.4 is 5.32 Å². The van der Waals surface area contributed by atoms with E-state index in [1.165, 1.54) is 6.07 Å². The molecule has 1 atom stereocenters. The van der Waals surface area contributed by atoms with Crippen molar-refractivity contribution in [3.05, 3.63) is 53.6 Å². The molecule has 0 aliphatic carbocycles. The molecule has 0 aromatic heterocycles. The van der Waals surface area contributed by atoms with Gasteiger partial charge in [-0.25, -0.2) is 0 Å². The lowest BCUT2D eigenvalue weighted by Gasteiger charge is -2.42. The maximum absolute atomic E-state index is 9.80. The van der Waals surface area contributed by atoms with Crippen molar-refractivity contribution in [1.82, 2.24) is 4.90 Å². The summed E-state index contributed by atoms with van der Waals surface area (Å²) in [6.07, 6.45) is 0.911. The first-order valence-electron chi connectivity index (χ1n) is 7.43. The van der Waals surface area contributed by atoms with Crippen LogP contribution in [0.25, 0.3) is 0 Å². The molecule has 0 radical (unpaired) electrons. The van der Waals surface area contributed by atoms with Gasteiger partial charge in [-0.15, -0.1) is 0 Å². The highest BCUT2D eigenvalue weighted by Gasteiger charge is 2.32. The Morgan fingerprint density at radius 1 is 1.09 bits per heavy atom. The van der Waals surface area contributed by atoms with Crippen molar-refractivity contribution in [2.45, 2.75) is 12.6 Å². The Hall–Kier alpha value is -2.69. The number of anilines is 1. The molecule has 4 rings (SSSR count). The molecule has 2 aliphatic rings. The third kappa shape index (κ3) is 1.97. The van der Waals surface area contributed by atoms with Crippen LogP contribution in [0, 0.1) is 0 Å². The molecule has 5 nitrogen and oxygen atoms in total. The number of hydrogen-bond acceptors (Lipinski definition) is 5. The van der Waals surface area contributed by atoms with Crippen LogP contribution in [-0.2, 0) is 0 Å². The summed E-state index contributed by atoms with van der Waals surface area (Å²) in [5.41, 5.74) is 3.05. The van der Waals surface area contributed by atoms with Crippen LogP contribution in [0.3, 0.4) is 0 Å². The fourth-order valence-electron chi connectivity index (χ4n) is 3.12. The summed E-state index contributed by atoms with van der Waals surface area (Å²) in [5, 5.41) is 22.8. The summed E-state index contributed by atoms with van der Waals surface area (Å²) in [4.78, 5) is 6.92. The molecule has 0 spiro atoms. The standard InChI is InChI=1S/C17H17N3O2/c21-14-7-6-11(10-15(14)22)16-19-13-5-2-1-4-12(13)17-18-8-3-9-20(16)17/h1-2,4-7,10,16,19,21-22H,3,8-9H2/t16-/m1/s1. The third-order valence-electron chi connectivity index (χ3n) is 4.18. The smallest absolute Gasteiger partial charge is 0.157 e. The number of fused-ring (bicyclic) bond motifs is 3. The molecule has 0 fully saturated rings. The van der Waals surface area contributed by atoms with Crippen molar-refractivity contribution in [1.29, 1.82) is 0 Å². The number of nitrogens with zero attached hydrogens (tertiary/aromatic N) is 2. The van der Waals surface area contributed by atoms with Gasteiger partial charge in [-0.2, -0.15) is 0 Å². The van der Waals surface area contributed by atoms with Gasteiger partial charge < -0.3 is 20.4 Å². The molecule has 2 aromatic rings. The highest BCUT2D eigenvalue weighted by atomic mass is 16.3. The van der Waals surface area contributed by atoms with Crippen molar-refractivity contribution in [2.24, 2.45) is 4.99 Å². The minimum absolute atomic E-state index is 0.0968. The predicted molar refractivity (Wildman–Crippen MR) is 85.3 cm³/mol. The van der Waals surface area contributed by atoms with Crippen LogP contribution in [0.4, 0.5) is 5.69 Å². The zero-order valence-electron chi connectivity index (χ0n) is 12.0. The lowest BCUT2D eigenvalue weighted by Crippen LogP contribution is -2.45. The van der Waals surface area contributed by atoms with E-state index in [1.54, 1.807) is 6.07 Å². The van der Waals surface area contributed by atoms with Crippen LogP contribution in [0.1, 0.15) is 23.7 Å². The molecule has 22 heavy (non-hydrogen) atoms. The van der Waals surface area contributed by atoms with E-state index in [2.05, 4.69) is 16.3 Å². The number of nitrogens with one attached hydrogen (secondary N) is 1. The maximum atomic E-state index is 9.80. The maximum Gasteiger partial charge on any atom is 0.157 e. The highest BCUT2D eigenvalue weighted by molar-refractivity contribution is 6.05. The van der Waals surface area contributed by atoms with E-state index < -0.39 is 0 Å². The molecule has 2 heterocycles. The summed E-state index contributed by atoms with van der Waals surface area (Å²) in [6, 6.07) is 13.1. The number of para-hydroxylation sites is 1. The number of benzene rings is 2. The van der Waals surface area contributed by atoms with E-state index >= 15 is 0 Å². The first kappa shape index (κ1) is 13.0. The molecule has 0 amide bonds. The van der Waals surface area contributed by atoms with Crippen molar-refractivity contribution in [3.63, 3.8) is 0 Å². The van der Waals surface area contributed by atoms with Gasteiger partial charge in [0.15, 0.2) is 11.5 Å². The van der Waals surface area contributed by atoms with Gasteiger partial charge in [-0.05, 0) is 36.2 Å². The number of phenolic OH excluding ortho intramolecular Hbond substituents is 2. The molecule has 3 N–H and O–H groups in total. The molecule has 2 aliphatic heterocycles. The zero-order chi connectivity index (χ0) is 15.1. The Kier molecular flexibility index (Phi) is 2.92. The first-order valence-corrected chi connectivity index (χ1v) is 7.43. The summed E-state index contributed by atoms with van der Waals surface area (Å²) in [5.74, 6) is 0.791. The van der Waals surface area contributed by atoms with Crippen LogP contribution in [0.5, 0.6) is 11.5 Å². The predicted octanol–water partition coefficient (Wildman–Crippen LogP) is 2.67. The number of hydrogen-bond donors (Lipinski definition) is 3. The van der Waals surface area contributed by atoms with Gasteiger partial charge in [-0.1, -0.05) is 18.2 Å². The van der Waals surface area contributed by atoms with Gasteiger partial charge in [0.05, 0.1) is 0 Å². The summed E-state index contributed by atoms with van der Waals surface area (Å²) in [7, 11) is 0. The van der Waals surface area contributed by atoms with E-state index in [4.69, 9.17) is 4.99 Å². The minimum Gasteiger partial charge on any atom is -0.504 e. The van der Waals surface area contributed by atoms with Gasteiger partial charge in [0.25, 0.3) is 0 Å². The second-order valence-corrected chi connectivity index (χ2v) is 5.59. The van der Waals surface area contributed by atoms with E-state index in [0.717, 1.165) is 42.2 Å². The van der Waals surface area contributed by atoms with Crippen LogP contribution in [-0.4, -0.2) is 34.0 Å². The number of phenols is 2. The van der Waals surface area contributed by atoms with E-state index in [9.17, 15) is 10.2 Å². The topological polar surface area (TPSA) is 68.1 Å². The molecular weight excluding hydrogens is 278 g/mol. The minimum atomic E-state index is -0.104. The van der Waals surface area contributed by atoms with Gasteiger partial charge >= 0.3 is 0 Å². The highest BCUT2D eigenvalue weighted by Crippen LogP contribution is 2.37. The monoisotopic (exact) mass is 295 g/mol. The summed E-state index contributed by atoms with van der Waals surface area (Å²) in [6.45, 7) is 1.75. The lowest BCUT2D eigenvalue weighted by molar-refractivity contribution is 0.321. The number of aliphatic imine (C=N–C) groups is 1. The van der Waals surface area contributed by atoms with E-state index in [-0.39, 0.29) is 17.7 Å². The average molecular weight is 295 g/mol. The van der Waals surface area contributed by atoms with Crippen molar-refractivity contribution >= 4 is 11.5 Å². The van der Waals surface area contributed by atoms with Gasteiger partial charge in [0.1, 0.15) is 12.0 Å². The van der Waals surface area contributed by atoms with Gasteiger partial charge in [-0.3, -0.25) is 4.99 Å². The van der Waals surface area contributed by atoms with Crippen molar-refractivity contribution < 1.29 is 10.2 Å². The largest absolute Gasteiger partial charge is 0.504 e. The Morgan fingerprint density at radius 2 is 1.95 bits per heavy atom. The Bertz CT molecular complexity index is 757. The Balaban J connectivity index is 1.82. The van der Waals surface area contributed by atoms with E-state index in [0.29, 0.717) is 0 Å². The summed E-state index contributed by atoms with van der Waals surface area (Å²) >= 11 is 0. The van der Waals surface area contributed by atoms with Crippen molar-refractivity contribution in [2.75, 3.05) is 18.4 Å². The molecule has 0 unspecified atom stereocenters. The third-order valence-corrected chi connectivity index (χ3v) is 4.18. The Labute approximate surface area is 128 Å². The average Bonchev–Trinajstić information content (AvgIpc) is 2.57. The second kappa shape index (κ2) is 4.94. The Morgan fingerprint density at radius 3 is 2.82 bits per heavy atom. The lowest BCUT2D eigenvalue weighted by atomic mass is 10.0. The number of amidine groups is 1. The van der Waals surface area contributed by atoms with Gasteiger partial charge in [0, 0.05) is 24.3 Å². The first-order chi connectivity index (χ1) is 10.7. The number of rotatable bonds is 1. The molecule has 2 aromatic carbocycles. The zero-order valence-corrected chi connectivity index (χ0v) is 12.0. The fourth-order valence-corrected chi connectivity index (χ4v) is 3.12. The summed E-state index contributed by atoms with van der Waals surface area (Å²) < 4.78 is 0. The fraction of sp³-hybridized carbons (Fsp3) is 0.235. The van der Waals surface area contributed by atoms with E-state index in [1.807, 2.05) is 24.3 Å². The normalized spacial score (nSPS) is 19.7. The molecule has 0 saturated carbocycles. The van der Waals surface area contributed by atoms with Crippen LogP contribution >= 0.6 is 0 Å². The van der Waals surface area contributed by atoms with Crippen LogP contribution in [0.15, 0.2) is 47.5 Å². The second-order valence-electron chi connectivity index (χ2n) is 5.59. The van der Waals surface area contributed by atoms with Gasteiger partial charge in [0.2, 0.25) is 0 Å².